The number of fused-ring (bicyclic) bond motifs is 3. The number of nitrogens with zero attached hydrogens (tertiary/aromatic N) is 1. The number of ketones is 1. The Labute approximate surface area is 295 Å². The molecule has 1 aromatic rings. The van der Waals surface area contributed by atoms with Crippen molar-refractivity contribution in [2.75, 3.05) is 19.7 Å². The Balaban J connectivity index is 1.18. The highest BCUT2D eigenvalue weighted by molar-refractivity contribution is 6.10. The average molecular weight is 692 g/mol. The quantitative estimate of drug-likeness (QED) is 0.222. The van der Waals surface area contributed by atoms with Gasteiger partial charge in [0, 0.05) is 33.9 Å². The van der Waals surface area contributed by atoms with Crippen LogP contribution in [0.25, 0.3) is 0 Å². The standard InChI is InChI=1S/C42H55F2NO5/c1-6-50-36(48)45(23-26-7-9-27-20-29(26)37(27,2)3)24-41(49)16-13-34-39(41,5)15-12-33-38(4)14-11-28(46)21-40(38)17-18-42(33,34)30(22-40)35(47)25-8-10-31(43)32(44)19-25/h8,10,17-19,22,26-29,33-34,46,49H,6-7,9,11-16,20-21,23-24H2,1-5H3/t26-,27-,28?,29-,33+,34+,38+,39-,40-,41+,42+/m0/s1. The van der Waals surface area contributed by atoms with Gasteiger partial charge in [-0.15, -0.1) is 0 Å². The van der Waals surface area contributed by atoms with Gasteiger partial charge in [-0.3, -0.25) is 4.79 Å². The van der Waals surface area contributed by atoms with E-state index in [1.54, 1.807) is 4.90 Å². The zero-order valence-corrected chi connectivity index (χ0v) is 30.4. The van der Waals surface area contributed by atoms with E-state index < -0.39 is 39.6 Å². The molecule has 9 aliphatic rings. The van der Waals surface area contributed by atoms with E-state index in [-0.39, 0.29) is 53.3 Å². The molecule has 272 valence electrons. The number of amides is 1. The van der Waals surface area contributed by atoms with Gasteiger partial charge < -0.3 is 19.8 Å². The summed E-state index contributed by atoms with van der Waals surface area (Å²) < 4.78 is 34.3. The van der Waals surface area contributed by atoms with Crippen LogP contribution in [0, 0.1) is 68.3 Å². The van der Waals surface area contributed by atoms with Crippen molar-refractivity contribution in [2.24, 2.45) is 56.7 Å². The van der Waals surface area contributed by atoms with E-state index in [0.717, 1.165) is 43.7 Å². The van der Waals surface area contributed by atoms with Crippen LogP contribution in [0.2, 0.25) is 0 Å². The molecule has 2 N–H and O–H groups in total. The first-order valence-electron chi connectivity index (χ1n) is 19.3. The number of carbonyl (C=O) groups excluding carboxylic acids is 2. The minimum atomic E-state index is -1.21. The monoisotopic (exact) mass is 691 g/mol. The van der Waals surface area contributed by atoms with Gasteiger partial charge in [-0.2, -0.15) is 0 Å². The number of aliphatic hydroxyl groups is 2. The van der Waals surface area contributed by atoms with Crippen LogP contribution in [0.15, 0.2) is 42.0 Å². The number of rotatable bonds is 7. The van der Waals surface area contributed by atoms with Crippen molar-refractivity contribution in [3.05, 3.63) is 59.2 Å². The molecule has 0 aliphatic heterocycles. The number of halogens is 2. The van der Waals surface area contributed by atoms with Gasteiger partial charge in [-0.25, -0.2) is 13.6 Å². The summed E-state index contributed by atoms with van der Waals surface area (Å²) in [5.74, 6) is -0.762. The highest BCUT2D eigenvalue weighted by atomic mass is 19.2. The third-order valence-electron chi connectivity index (χ3n) is 16.6. The molecule has 6 saturated carbocycles. The first-order valence-corrected chi connectivity index (χ1v) is 19.3. The lowest BCUT2D eigenvalue weighted by atomic mass is 9.32. The van der Waals surface area contributed by atoms with Crippen LogP contribution < -0.4 is 0 Å². The molecule has 0 aromatic heterocycles. The second-order valence-corrected chi connectivity index (χ2v) is 18.5. The molecule has 0 radical (unpaired) electrons. The molecule has 50 heavy (non-hydrogen) atoms. The van der Waals surface area contributed by atoms with E-state index >= 15 is 0 Å². The number of benzene rings is 1. The minimum absolute atomic E-state index is 0.0689. The number of carbonyl (C=O) groups is 2. The summed E-state index contributed by atoms with van der Waals surface area (Å²) in [5, 5.41) is 23.9. The fraction of sp³-hybridized carbons (Fsp3) is 0.714. The highest BCUT2D eigenvalue weighted by Crippen LogP contribution is 2.78. The maximum Gasteiger partial charge on any atom is 0.409 e. The molecule has 0 heterocycles. The van der Waals surface area contributed by atoms with Crippen LogP contribution in [0.5, 0.6) is 0 Å². The second kappa shape index (κ2) is 11.2. The molecule has 9 aliphatic carbocycles. The first-order chi connectivity index (χ1) is 23.5. The van der Waals surface area contributed by atoms with E-state index in [1.165, 1.54) is 18.9 Å². The summed E-state index contributed by atoms with van der Waals surface area (Å²) in [4.78, 5) is 30.1. The Kier molecular flexibility index (Phi) is 7.74. The number of hydrogen-bond donors (Lipinski definition) is 2. The van der Waals surface area contributed by atoms with Crippen LogP contribution in [0.1, 0.15) is 109 Å². The second-order valence-electron chi connectivity index (χ2n) is 18.5. The maximum absolute atomic E-state index is 14.7. The number of Topliss-reactive ketones (excluding diaryl/α,β-unsaturated/α-hetero) is 1. The summed E-state index contributed by atoms with van der Waals surface area (Å²) in [6.07, 6.45) is 13.8. The van der Waals surface area contributed by atoms with Crippen LogP contribution in [0.3, 0.4) is 0 Å². The van der Waals surface area contributed by atoms with Gasteiger partial charge in [0.15, 0.2) is 17.4 Å². The number of allylic oxidation sites excluding steroid dienone is 4. The molecule has 6 fully saturated rings. The summed E-state index contributed by atoms with van der Waals surface area (Å²) in [6.45, 7) is 12.0. The molecule has 10 rings (SSSR count). The molecule has 2 spiro atoms. The van der Waals surface area contributed by atoms with Crippen LogP contribution in [-0.2, 0) is 4.74 Å². The van der Waals surface area contributed by atoms with Gasteiger partial charge in [-0.1, -0.05) is 45.9 Å². The van der Waals surface area contributed by atoms with Crippen molar-refractivity contribution in [3.8, 4) is 0 Å². The number of hydrogen-bond acceptors (Lipinski definition) is 5. The fourth-order valence-corrected chi connectivity index (χ4v) is 13.6. The van der Waals surface area contributed by atoms with Gasteiger partial charge in [0.2, 0.25) is 0 Å². The molecule has 1 aromatic carbocycles. The van der Waals surface area contributed by atoms with Crippen LogP contribution in [0.4, 0.5) is 13.6 Å². The molecule has 0 saturated heterocycles. The minimum Gasteiger partial charge on any atom is -0.450 e. The van der Waals surface area contributed by atoms with E-state index in [2.05, 4.69) is 45.9 Å². The Morgan fingerprint density at radius 1 is 0.940 bits per heavy atom. The lowest BCUT2D eigenvalue weighted by Crippen LogP contribution is -2.67. The lowest BCUT2D eigenvalue weighted by molar-refractivity contribution is -0.176. The van der Waals surface area contributed by atoms with E-state index in [0.29, 0.717) is 49.6 Å². The molecular weight excluding hydrogens is 636 g/mol. The molecule has 4 bridgehead atoms. The van der Waals surface area contributed by atoms with Crippen molar-refractivity contribution < 1.29 is 33.3 Å². The summed E-state index contributed by atoms with van der Waals surface area (Å²) in [5.41, 5.74) is -2.36. The van der Waals surface area contributed by atoms with Crippen molar-refractivity contribution in [2.45, 2.75) is 111 Å². The summed E-state index contributed by atoms with van der Waals surface area (Å²) in [7, 11) is 0. The van der Waals surface area contributed by atoms with Gasteiger partial charge in [0.1, 0.15) is 0 Å². The molecule has 8 heteroatoms. The SMILES string of the molecule is CCOC(=O)N(C[C@@H]1CC[C@H]2C[C@@H]1C2(C)C)C[C@]1(O)CC[C@H]2[C@]34C=C[C@@]5(C=C3C(=O)c3ccc(F)c(F)c3)CC(O)CC[C@]5(C)[C@H]4CC[C@@]21C. The van der Waals surface area contributed by atoms with E-state index in [4.69, 9.17) is 4.74 Å². The predicted molar refractivity (Wildman–Crippen MR) is 186 cm³/mol. The van der Waals surface area contributed by atoms with Crippen molar-refractivity contribution in [1.82, 2.24) is 4.90 Å². The third-order valence-corrected chi connectivity index (χ3v) is 16.6. The Morgan fingerprint density at radius 2 is 1.66 bits per heavy atom. The third kappa shape index (κ3) is 4.42. The smallest absolute Gasteiger partial charge is 0.409 e. The average Bonchev–Trinajstić information content (AvgIpc) is 3.35. The Morgan fingerprint density at radius 3 is 2.36 bits per heavy atom. The predicted octanol–water partition coefficient (Wildman–Crippen LogP) is 8.27. The van der Waals surface area contributed by atoms with Gasteiger partial charge >= 0.3 is 6.09 Å². The highest BCUT2D eigenvalue weighted by Gasteiger charge is 2.74. The first kappa shape index (κ1) is 34.5. The zero-order valence-electron chi connectivity index (χ0n) is 30.4. The van der Waals surface area contributed by atoms with Crippen molar-refractivity contribution in [3.63, 3.8) is 0 Å². The van der Waals surface area contributed by atoms with Crippen LogP contribution in [-0.4, -0.2) is 58.4 Å². The number of aliphatic hydroxyl groups excluding tert-OH is 1. The zero-order chi connectivity index (χ0) is 35.6. The topological polar surface area (TPSA) is 87.1 Å². The van der Waals surface area contributed by atoms with E-state index in [9.17, 15) is 28.6 Å². The van der Waals surface area contributed by atoms with Gasteiger partial charge in [0.05, 0.1) is 24.9 Å². The van der Waals surface area contributed by atoms with Crippen LogP contribution >= 0.6 is 0 Å². The van der Waals surface area contributed by atoms with Crippen molar-refractivity contribution >= 4 is 11.9 Å². The Hall–Kier alpha value is -2.58. The number of ether oxygens (including phenoxy) is 1. The largest absolute Gasteiger partial charge is 0.450 e. The molecule has 11 atom stereocenters. The fourth-order valence-electron chi connectivity index (χ4n) is 13.6. The normalized spacial score (nSPS) is 44.7. The van der Waals surface area contributed by atoms with Gasteiger partial charge in [-0.05, 0) is 130 Å². The molecule has 6 nitrogen and oxygen atoms in total. The summed E-state index contributed by atoms with van der Waals surface area (Å²) in [6, 6.07) is 3.39. The molecule has 1 amide bonds. The van der Waals surface area contributed by atoms with Gasteiger partial charge in [0.25, 0.3) is 0 Å². The molecule has 1 unspecified atom stereocenters. The van der Waals surface area contributed by atoms with E-state index in [1.807, 2.05) is 6.92 Å². The summed E-state index contributed by atoms with van der Waals surface area (Å²) >= 11 is 0. The van der Waals surface area contributed by atoms with Crippen molar-refractivity contribution in [1.29, 1.82) is 0 Å². The lowest BCUT2D eigenvalue weighted by Gasteiger charge is -2.71. The Bertz CT molecular complexity index is 1670. The maximum atomic E-state index is 14.7. The molecular formula is C42H55F2NO5.